The Hall–Kier alpha value is -2.19. The van der Waals surface area contributed by atoms with Crippen molar-refractivity contribution in [3.8, 4) is 0 Å². The second kappa shape index (κ2) is 8.95. The van der Waals surface area contributed by atoms with Crippen molar-refractivity contribution < 1.29 is 18.0 Å². The molecule has 2 rings (SSSR count). The molecule has 0 spiro atoms. The minimum absolute atomic E-state index is 0.152. The molecule has 0 unspecified atom stereocenters. The minimum atomic E-state index is -4.43. The predicted molar refractivity (Wildman–Crippen MR) is 95.7 cm³/mol. The second-order valence-corrected chi connectivity index (χ2v) is 6.04. The molecule has 26 heavy (non-hydrogen) atoms. The molecule has 0 bridgehead atoms. The summed E-state index contributed by atoms with van der Waals surface area (Å²) in [5.41, 5.74) is -0.565. The smallest absolute Gasteiger partial charge is 0.376 e. The van der Waals surface area contributed by atoms with Gasteiger partial charge < -0.3 is 16.0 Å². The number of nitrogens with one attached hydrogen (secondary N) is 3. The molecule has 0 radical (unpaired) electrons. The van der Waals surface area contributed by atoms with E-state index < -0.39 is 11.7 Å². The Labute approximate surface area is 157 Å². The monoisotopic (exact) mass is 406 g/mol. The number of hydrogen-bond acceptors (Lipinski definition) is 4. The molecule has 1 amide bonds. The van der Waals surface area contributed by atoms with E-state index in [1.807, 2.05) is 0 Å². The maximum Gasteiger partial charge on any atom is 0.416 e. The van der Waals surface area contributed by atoms with Crippen LogP contribution < -0.4 is 16.0 Å². The summed E-state index contributed by atoms with van der Waals surface area (Å²) in [5, 5.41) is 8.97. The van der Waals surface area contributed by atoms with Crippen molar-refractivity contribution in [3.05, 3.63) is 52.1 Å². The molecule has 5 nitrogen and oxygen atoms in total. The van der Waals surface area contributed by atoms with Crippen LogP contribution in [0.1, 0.15) is 5.56 Å². The molecular formula is C16H15Cl2F3N4O. The molecule has 2 aromatic rings. The summed E-state index contributed by atoms with van der Waals surface area (Å²) in [4.78, 5) is 15.7. The number of hydrogen-bond donors (Lipinski definition) is 3. The summed E-state index contributed by atoms with van der Waals surface area (Å²) in [6.45, 7) is 0.495. The van der Waals surface area contributed by atoms with Crippen LogP contribution >= 0.6 is 23.2 Å². The van der Waals surface area contributed by atoms with Gasteiger partial charge in [-0.25, -0.2) is 4.98 Å². The summed E-state index contributed by atoms with van der Waals surface area (Å²) in [6.07, 6.45) is -2.99. The number of rotatable bonds is 7. The number of nitrogens with zero attached hydrogens (tertiary/aromatic N) is 1. The van der Waals surface area contributed by atoms with E-state index in [-0.39, 0.29) is 24.7 Å². The molecule has 0 fully saturated rings. The highest BCUT2D eigenvalue weighted by Gasteiger charge is 2.30. The lowest BCUT2D eigenvalue weighted by molar-refractivity contribution is -0.137. The van der Waals surface area contributed by atoms with Gasteiger partial charge >= 0.3 is 6.18 Å². The van der Waals surface area contributed by atoms with Crippen LogP contribution in [-0.2, 0) is 11.0 Å². The Morgan fingerprint density at radius 2 is 1.88 bits per heavy atom. The molecular weight excluding hydrogens is 392 g/mol. The Morgan fingerprint density at radius 3 is 2.58 bits per heavy atom. The van der Waals surface area contributed by atoms with E-state index in [0.29, 0.717) is 22.4 Å². The number of pyridine rings is 1. The summed E-state index contributed by atoms with van der Waals surface area (Å²) < 4.78 is 37.9. The van der Waals surface area contributed by atoms with Crippen LogP contribution in [0.25, 0.3) is 0 Å². The maximum absolute atomic E-state index is 12.6. The number of benzene rings is 1. The van der Waals surface area contributed by atoms with Gasteiger partial charge in [0.1, 0.15) is 5.82 Å². The fourth-order valence-electron chi connectivity index (χ4n) is 1.98. The first-order chi connectivity index (χ1) is 12.3. The number of alkyl halides is 3. The lowest BCUT2D eigenvalue weighted by Gasteiger charge is -2.11. The highest BCUT2D eigenvalue weighted by Crippen LogP contribution is 2.30. The van der Waals surface area contributed by atoms with Crippen LogP contribution in [0, 0.1) is 0 Å². The van der Waals surface area contributed by atoms with E-state index in [0.717, 1.165) is 12.1 Å². The van der Waals surface area contributed by atoms with Gasteiger partial charge in [0.25, 0.3) is 0 Å². The molecule has 1 heterocycles. The van der Waals surface area contributed by atoms with E-state index >= 15 is 0 Å². The molecule has 0 saturated heterocycles. The molecule has 0 aliphatic heterocycles. The van der Waals surface area contributed by atoms with Crippen molar-refractivity contribution in [2.45, 2.75) is 6.18 Å². The predicted octanol–water partition coefficient (Wildman–Crippen LogP) is 4.05. The lowest BCUT2D eigenvalue weighted by Crippen LogP contribution is -2.33. The Bertz CT molecular complexity index is 771. The summed E-state index contributed by atoms with van der Waals surface area (Å²) in [6, 6.07) is 6.18. The van der Waals surface area contributed by atoms with Crippen molar-refractivity contribution >= 4 is 40.6 Å². The second-order valence-electron chi connectivity index (χ2n) is 5.19. The highest BCUT2D eigenvalue weighted by molar-refractivity contribution is 6.35. The zero-order valence-electron chi connectivity index (χ0n) is 13.3. The Kier molecular flexibility index (Phi) is 6.93. The van der Waals surface area contributed by atoms with Crippen molar-refractivity contribution in [1.82, 2.24) is 10.3 Å². The topological polar surface area (TPSA) is 66.1 Å². The number of carbonyl (C=O) groups is 1. The van der Waals surface area contributed by atoms with Crippen LogP contribution in [-0.4, -0.2) is 30.5 Å². The zero-order chi connectivity index (χ0) is 19.2. The molecule has 10 heteroatoms. The van der Waals surface area contributed by atoms with E-state index in [4.69, 9.17) is 23.2 Å². The van der Waals surface area contributed by atoms with Gasteiger partial charge in [0.05, 0.1) is 22.2 Å². The van der Waals surface area contributed by atoms with Crippen LogP contribution in [0.5, 0.6) is 0 Å². The first-order valence-electron chi connectivity index (χ1n) is 7.48. The van der Waals surface area contributed by atoms with Crippen molar-refractivity contribution in [2.24, 2.45) is 0 Å². The molecule has 1 aromatic carbocycles. The normalized spacial score (nSPS) is 11.1. The molecule has 0 aliphatic rings. The largest absolute Gasteiger partial charge is 0.416 e. The SMILES string of the molecule is O=C(CNc1cccc(C(F)(F)F)c1)NCCNc1ncc(Cl)cc1Cl. The fraction of sp³-hybridized carbons (Fsp3) is 0.250. The van der Waals surface area contributed by atoms with E-state index in [2.05, 4.69) is 20.9 Å². The van der Waals surface area contributed by atoms with Gasteiger partial charge in [0.2, 0.25) is 5.91 Å². The van der Waals surface area contributed by atoms with Gasteiger partial charge in [-0.05, 0) is 24.3 Å². The number of amides is 1. The van der Waals surface area contributed by atoms with Gasteiger partial charge in [-0.2, -0.15) is 13.2 Å². The molecule has 140 valence electrons. The first kappa shape index (κ1) is 20.1. The number of halogens is 5. The maximum atomic E-state index is 12.6. The fourth-order valence-corrected chi connectivity index (χ4v) is 2.42. The van der Waals surface area contributed by atoms with Crippen LogP contribution in [0.3, 0.4) is 0 Å². The third kappa shape index (κ3) is 6.27. The van der Waals surface area contributed by atoms with Gasteiger partial charge in [0, 0.05) is 25.0 Å². The van der Waals surface area contributed by atoms with Gasteiger partial charge in [0.15, 0.2) is 0 Å². The molecule has 0 aliphatic carbocycles. The summed E-state index contributed by atoms with van der Waals surface area (Å²) >= 11 is 11.7. The zero-order valence-corrected chi connectivity index (χ0v) is 14.8. The average molecular weight is 407 g/mol. The summed E-state index contributed by atoms with van der Waals surface area (Å²) in [5.74, 6) is 0.0757. The number of carbonyl (C=O) groups excluding carboxylic acids is 1. The number of aromatic nitrogens is 1. The molecule has 0 saturated carbocycles. The van der Waals surface area contributed by atoms with Gasteiger partial charge in [-0.1, -0.05) is 29.3 Å². The third-order valence-electron chi connectivity index (χ3n) is 3.19. The third-order valence-corrected chi connectivity index (χ3v) is 3.69. The number of anilines is 2. The first-order valence-corrected chi connectivity index (χ1v) is 8.24. The quantitative estimate of drug-likeness (QED) is 0.606. The average Bonchev–Trinajstić information content (AvgIpc) is 2.58. The van der Waals surface area contributed by atoms with Crippen molar-refractivity contribution in [3.63, 3.8) is 0 Å². The summed E-state index contributed by atoms with van der Waals surface area (Å²) in [7, 11) is 0. The van der Waals surface area contributed by atoms with Crippen LogP contribution in [0.2, 0.25) is 10.0 Å². The Morgan fingerprint density at radius 1 is 1.12 bits per heavy atom. The van der Waals surface area contributed by atoms with E-state index in [1.54, 1.807) is 0 Å². The van der Waals surface area contributed by atoms with Crippen molar-refractivity contribution in [2.75, 3.05) is 30.3 Å². The molecule has 3 N–H and O–H groups in total. The minimum Gasteiger partial charge on any atom is -0.376 e. The Balaban J connectivity index is 1.72. The van der Waals surface area contributed by atoms with Gasteiger partial charge in [-0.15, -0.1) is 0 Å². The standard InChI is InChI=1S/C16H15Cl2F3N4O/c17-11-7-13(18)15(25-8-11)23-5-4-22-14(26)9-24-12-3-1-2-10(6-12)16(19,20)21/h1-3,6-8,24H,4-5,9H2,(H,22,26)(H,23,25). The molecule has 1 aromatic heterocycles. The molecule has 0 atom stereocenters. The van der Waals surface area contributed by atoms with Crippen LogP contribution in [0.15, 0.2) is 36.5 Å². The van der Waals surface area contributed by atoms with Crippen LogP contribution in [0.4, 0.5) is 24.7 Å². The van der Waals surface area contributed by atoms with Gasteiger partial charge in [-0.3, -0.25) is 4.79 Å². The van der Waals surface area contributed by atoms with Crippen molar-refractivity contribution in [1.29, 1.82) is 0 Å². The lowest BCUT2D eigenvalue weighted by atomic mass is 10.2. The van der Waals surface area contributed by atoms with E-state index in [9.17, 15) is 18.0 Å². The highest BCUT2D eigenvalue weighted by atomic mass is 35.5. The van der Waals surface area contributed by atoms with E-state index in [1.165, 1.54) is 24.4 Å².